The van der Waals surface area contributed by atoms with Crippen molar-refractivity contribution in [3.05, 3.63) is 18.2 Å². The predicted molar refractivity (Wildman–Crippen MR) is 58.4 cm³/mol. The maximum atomic E-state index is 5.67. The Morgan fingerprint density at radius 3 is 2.44 bits per heavy atom. The molecule has 0 aliphatic carbocycles. The summed E-state index contributed by atoms with van der Waals surface area (Å²) in [6, 6.07) is 0. The molecule has 2 rings (SSSR count). The third kappa shape index (κ3) is 1.86. The highest BCUT2D eigenvalue weighted by Crippen LogP contribution is 2.24. The van der Waals surface area contributed by atoms with Gasteiger partial charge < -0.3 is 10.3 Å². The minimum Gasteiger partial charge on any atom is -0.382 e. The van der Waals surface area contributed by atoms with Crippen molar-refractivity contribution in [3.8, 4) is 11.6 Å². The first-order valence-electron chi connectivity index (χ1n) is 4.89. The molecule has 0 spiro atoms. The molecular weight excluding hydrogens is 206 g/mol. The van der Waals surface area contributed by atoms with Crippen molar-refractivity contribution in [1.29, 1.82) is 0 Å². The summed E-state index contributed by atoms with van der Waals surface area (Å²) in [5.41, 5.74) is 5.92. The molecular formula is C10H13N5O. The second kappa shape index (κ2) is 3.55. The van der Waals surface area contributed by atoms with Crippen LogP contribution in [-0.4, -0.2) is 20.1 Å². The van der Waals surface area contributed by atoms with Crippen molar-refractivity contribution < 1.29 is 4.52 Å². The van der Waals surface area contributed by atoms with Gasteiger partial charge in [-0.15, -0.1) is 0 Å². The topological polar surface area (TPSA) is 90.7 Å². The van der Waals surface area contributed by atoms with E-state index in [0.717, 1.165) is 0 Å². The third-order valence-electron chi connectivity index (χ3n) is 2.03. The number of nitrogens with zero attached hydrogens (tertiary/aromatic N) is 4. The summed E-state index contributed by atoms with van der Waals surface area (Å²) in [6.07, 6.45) is 3.05. The molecule has 2 N–H and O–H groups in total. The standard InChI is InChI=1S/C10H13N5O/c1-10(2,3)9-14-8(16-15-9)6-7(11)13-5-4-12-6/h4-5H,1-3H3,(H2,11,13). The Kier molecular flexibility index (Phi) is 2.34. The van der Waals surface area contributed by atoms with Crippen molar-refractivity contribution in [2.24, 2.45) is 0 Å². The van der Waals surface area contributed by atoms with Crippen molar-refractivity contribution in [2.75, 3.05) is 5.73 Å². The third-order valence-corrected chi connectivity index (χ3v) is 2.03. The lowest BCUT2D eigenvalue weighted by Crippen LogP contribution is -2.13. The Balaban J connectivity index is 2.44. The van der Waals surface area contributed by atoms with E-state index in [2.05, 4.69) is 20.1 Å². The van der Waals surface area contributed by atoms with Crippen LogP contribution in [0.15, 0.2) is 16.9 Å². The van der Waals surface area contributed by atoms with Crippen LogP contribution < -0.4 is 5.73 Å². The number of nitrogens with two attached hydrogens (primary N) is 1. The van der Waals surface area contributed by atoms with E-state index in [-0.39, 0.29) is 11.2 Å². The number of anilines is 1. The van der Waals surface area contributed by atoms with Gasteiger partial charge in [-0.3, -0.25) is 0 Å². The molecule has 0 saturated carbocycles. The lowest BCUT2D eigenvalue weighted by molar-refractivity contribution is 0.401. The number of hydrogen-bond acceptors (Lipinski definition) is 6. The summed E-state index contributed by atoms with van der Waals surface area (Å²) in [7, 11) is 0. The van der Waals surface area contributed by atoms with Crippen molar-refractivity contribution >= 4 is 5.82 Å². The molecule has 2 heterocycles. The summed E-state index contributed by atoms with van der Waals surface area (Å²) in [5, 5.41) is 3.90. The molecule has 0 aliphatic rings. The van der Waals surface area contributed by atoms with Gasteiger partial charge in [0.1, 0.15) is 0 Å². The van der Waals surface area contributed by atoms with Crippen LogP contribution in [0.2, 0.25) is 0 Å². The molecule has 0 aliphatic heterocycles. The Labute approximate surface area is 92.9 Å². The molecule has 84 valence electrons. The van der Waals surface area contributed by atoms with Gasteiger partial charge in [0, 0.05) is 17.8 Å². The highest BCUT2D eigenvalue weighted by atomic mass is 16.5. The van der Waals surface area contributed by atoms with Gasteiger partial charge in [-0.1, -0.05) is 25.9 Å². The van der Waals surface area contributed by atoms with Crippen LogP contribution in [0.25, 0.3) is 11.6 Å². The van der Waals surface area contributed by atoms with Gasteiger partial charge in [0.15, 0.2) is 17.3 Å². The minimum atomic E-state index is -0.168. The van der Waals surface area contributed by atoms with E-state index in [1.807, 2.05) is 20.8 Å². The van der Waals surface area contributed by atoms with Gasteiger partial charge in [0.05, 0.1) is 0 Å². The van der Waals surface area contributed by atoms with E-state index in [0.29, 0.717) is 17.4 Å². The number of rotatable bonds is 1. The molecule has 0 aromatic carbocycles. The summed E-state index contributed by atoms with van der Waals surface area (Å²) in [5.74, 6) is 1.20. The molecule has 0 amide bonds. The van der Waals surface area contributed by atoms with Crippen LogP contribution in [-0.2, 0) is 5.41 Å². The second-order valence-corrected chi connectivity index (χ2v) is 4.46. The molecule has 6 nitrogen and oxygen atoms in total. The van der Waals surface area contributed by atoms with Crippen molar-refractivity contribution in [2.45, 2.75) is 26.2 Å². The lowest BCUT2D eigenvalue weighted by atomic mass is 9.96. The van der Waals surface area contributed by atoms with Gasteiger partial charge in [-0.2, -0.15) is 4.98 Å². The maximum Gasteiger partial charge on any atom is 0.280 e. The second-order valence-electron chi connectivity index (χ2n) is 4.46. The smallest absolute Gasteiger partial charge is 0.280 e. The van der Waals surface area contributed by atoms with Crippen molar-refractivity contribution in [3.63, 3.8) is 0 Å². The maximum absolute atomic E-state index is 5.67. The average molecular weight is 219 g/mol. The molecule has 0 bridgehead atoms. The average Bonchev–Trinajstić information content (AvgIpc) is 2.66. The highest BCUT2D eigenvalue weighted by Gasteiger charge is 2.22. The quantitative estimate of drug-likeness (QED) is 0.779. The Morgan fingerprint density at radius 1 is 1.19 bits per heavy atom. The van der Waals surface area contributed by atoms with E-state index in [1.54, 1.807) is 0 Å². The molecule has 16 heavy (non-hydrogen) atoms. The number of nitrogen functional groups attached to an aromatic ring is 1. The normalized spacial score (nSPS) is 11.7. The van der Waals surface area contributed by atoms with Crippen LogP contribution in [0.5, 0.6) is 0 Å². The van der Waals surface area contributed by atoms with Crippen LogP contribution in [0.3, 0.4) is 0 Å². The zero-order chi connectivity index (χ0) is 11.8. The fourth-order valence-corrected chi connectivity index (χ4v) is 1.14. The van der Waals surface area contributed by atoms with Crippen LogP contribution in [0.1, 0.15) is 26.6 Å². The largest absolute Gasteiger partial charge is 0.382 e. The number of aromatic nitrogens is 4. The SMILES string of the molecule is CC(C)(C)c1noc(-c2nccnc2N)n1. The van der Waals surface area contributed by atoms with Crippen molar-refractivity contribution in [1.82, 2.24) is 20.1 Å². The van der Waals surface area contributed by atoms with E-state index in [1.165, 1.54) is 12.4 Å². The zero-order valence-electron chi connectivity index (χ0n) is 9.43. The Hall–Kier alpha value is -1.98. The molecule has 2 aromatic rings. The predicted octanol–water partition coefficient (Wildman–Crippen LogP) is 1.41. The van der Waals surface area contributed by atoms with E-state index in [9.17, 15) is 0 Å². The van der Waals surface area contributed by atoms with Crippen LogP contribution in [0.4, 0.5) is 5.82 Å². The molecule has 6 heteroatoms. The Bertz CT molecular complexity index is 500. The molecule has 0 radical (unpaired) electrons. The molecule has 0 atom stereocenters. The molecule has 0 saturated heterocycles. The number of hydrogen-bond donors (Lipinski definition) is 1. The first-order valence-corrected chi connectivity index (χ1v) is 4.89. The van der Waals surface area contributed by atoms with Gasteiger partial charge in [0.25, 0.3) is 5.89 Å². The zero-order valence-corrected chi connectivity index (χ0v) is 9.43. The first kappa shape index (κ1) is 10.5. The minimum absolute atomic E-state index is 0.168. The summed E-state index contributed by atoms with van der Waals surface area (Å²) in [4.78, 5) is 12.2. The summed E-state index contributed by atoms with van der Waals surface area (Å²) >= 11 is 0. The van der Waals surface area contributed by atoms with E-state index >= 15 is 0 Å². The molecule has 0 fully saturated rings. The fraction of sp³-hybridized carbons (Fsp3) is 0.400. The summed E-state index contributed by atoms with van der Waals surface area (Å²) < 4.78 is 5.11. The van der Waals surface area contributed by atoms with Gasteiger partial charge in [0.2, 0.25) is 0 Å². The van der Waals surface area contributed by atoms with Gasteiger partial charge in [-0.05, 0) is 0 Å². The van der Waals surface area contributed by atoms with Gasteiger partial charge in [-0.25, -0.2) is 9.97 Å². The highest BCUT2D eigenvalue weighted by molar-refractivity contribution is 5.61. The van der Waals surface area contributed by atoms with Crippen LogP contribution in [0, 0.1) is 0 Å². The molecule has 2 aromatic heterocycles. The monoisotopic (exact) mass is 219 g/mol. The van der Waals surface area contributed by atoms with E-state index < -0.39 is 0 Å². The Morgan fingerprint density at radius 2 is 1.88 bits per heavy atom. The fourth-order valence-electron chi connectivity index (χ4n) is 1.14. The summed E-state index contributed by atoms with van der Waals surface area (Å²) in [6.45, 7) is 6.00. The van der Waals surface area contributed by atoms with E-state index in [4.69, 9.17) is 10.3 Å². The van der Waals surface area contributed by atoms with Gasteiger partial charge >= 0.3 is 0 Å². The van der Waals surface area contributed by atoms with Crippen LogP contribution >= 0.6 is 0 Å². The first-order chi connectivity index (χ1) is 7.48. The molecule has 0 unspecified atom stereocenters. The lowest BCUT2D eigenvalue weighted by Gasteiger charge is -2.10.